The van der Waals surface area contributed by atoms with Crippen LogP contribution in [0, 0.1) is 0 Å². The van der Waals surface area contributed by atoms with Gasteiger partial charge in [-0.2, -0.15) is 11.8 Å². The number of nitrogens with one attached hydrogen (secondary N) is 2. The summed E-state index contributed by atoms with van der Waals surface area (Å²) < 4.78 is 0. The molecule has 1 aliphatic heterocycles. The molecule has 3 amide bonds. The normalized spacial score (nSPS) is 18.9. The first-order chi connectivity index (χ1) is 14.1. The molecule has 1 rings (SSSR count). The number of hydrogen-bond acceptors (Lipinski definition) is 8. The number of carboxylic acid groups (broad SMARTS) is 2. The molecule has 0 bridgehead atoms. The Morgan fingerprint density at radius 3 is 2.37 bits per heavy atom. The smallest absolute Gasteiger partial charge is 0.328 e. The number of amides is 3. The minimum atomic E-state index is -1.65. The van der Waals surface area contributed by atoms with Crippen LogP contribution in [0.3, 0.4) is 0 Å². The van der Waals surface area contributed by atoms with Gasteiger partial charge in [-0.3, -0.25) is 19.2 Å². The third-order valence-electron chi connectivity index (χ3n) is 4.60. The van der Waals surface area contributed by atoms with Crippen molar-refractivity contribution in [3.63, 3.8) is 0 Å². The van der Waals surface area contributed by atoms with Gasteiger partial charge in [0.1, 0.15) is 18.1 Å². The van der Waals surface area contributed by atoms with Gasteiger partial charge in [0.25, 0.3) is 0 Å². The molecule has 13 heteroatoms. The molecule has 12 nitrogen and oxygen atoms in total. The van der Waals surface area contributed by atoms with Crippen LogP contribution >= 0.6 is 11.8 Å². The number of thioether (sulfide) groups is 1. The maximum atomic E-state index is 12.7. The van der Waals surface area contributed by atoms with E-state index in [1.54, 1.807) is 0 Å². The molecule has 1 saturated heterocycles. The molecule has 0 aliphatic carbocycles. The van der Waals surface area contributed by atoms with Crippen molar-refractivity contribution in [2.75, 3.05) is 25.2 Å². The predicted octanol–water partition coefficient (Wildman–Crippen LogP) is -2.42. The van der Waals surface area contributed by atoms with Gasteiger partial charge in [-0.25, -0.2) is 4.79 Å². The number of hydrogen-bond donors (Lipinski definition) is 6. The van der Waals surface area contributed by atoms with E-state index in [0.717, 1.165) is 0 Å². The first kappa shape index (κ1) is 25.7. The molecule has 1 heterocycles. The third-order valence-corrected chi connectivity index (χ3v) is 5.24. The number of nitrogens with two attached hydrogens (primary N) is 1. The van der Waals surface area contributed by atoms with Gasteiger partial charge in [-0.15, -0.1) is 0 Å². The molecule has 0 spiro atoms. The SMILES string of the molecule is CSCCC(N)C(=O)N1CCCC1C(=O)NC(CC(=O)O)C(=O)NC(CO)C(=O)O. The fourth-order valence-electron chi connectivity index (χ4n) is 2.99. The number of likely N-dealkylation sites (tertiary alicyclic amines) is 1. The quantitative estimate of drug-likeness (QED) is 0.187. The largest absolute Gasteiger partial charge is 0.481 e. The highest BCUT2D eigenvalue weighted by Gasteiger charge is 2.38. The molecule has 0 saturated carbocycles. The maximum absolute atomic E-state index is 12.7. The molecule has 4 unspecified atom stereocenters. The number of aliphatic carboxylic acids is 2. The molecular formula is C17H28N4O8S. The van der Waals surface area contributed by atoms with Crippen molar-refractivity contribution in [2.24, 2.45) is 5.73 Å². The summed E-state index contributed by atoms with van der Waals surface area (Å²) in [5.74, 6) is -4.43. The van der Waals surface area contributed by atoms with Crippen LogP contribution in [0.15, 0.2) is 0 Å². The Bertz CT molecular complexity index is 662. The number of aliphatic hydroxyl groups excluding tert-OH is 1. The zero-order valence-electron chi connectivity index (χ0n) is 16.6. The number of carboxylic acids is 2. The van der Waals surface area contributed by atoms with E-state index in [1.807, 2.05) is 11.6 Å². The van der Waals surface area contributed by atoms with Crippen LogP contribution in [0.25, 0.3) is 0 Å². The van der Waals surface area contributed by atoms with Crippen LogP contribution in [0.1, 0.15) is 25.7 Å². The van der Waals surface area contributed by atoms with Crippen molar-refractivity contribution in [1.82, 2.24) is 15.5 Å². The summed E-state index contributed by atoms with van der Waals surface area (Å²) in [6, 6.07) is -4.91. The Hall–Kier alpha value is -2.38. The lowest BCUT2D eigenvalue weighted by Gasteiger charge is -2.28. The summed E-state index contributed by atoms with van der Waals surface area (Å²) in [5.41, 5.74) is 5.90. The van der Waals surface area contributed by atoms with Crippen molar-refractivity contribution >= 4 is 41.4 Å². The van der Waals surface area contributed by atoms with Crippen LogP contribution in [0.4, 0.5) is 0 Å². The second-order valence-electron chi connectivity index (χ2n) is 6.82. The standard InChI is InChI=1S/C17H28N4O8S/c1-30-6-4-9(18)16(27)21-5-2-3-12(21)15(26)19-10(7-13(23)24)14(25)20-11(8-22)17(28)29/h9-12,22H,2-8,18H2,1H3,(H,19,26)(H,20,25)(H,23,24)(H,28,29). The summed E-state index contributed by atoms with van der Waals surface area (Å²) in [6.45, 7) is -0.598. The van der Waals surface area contributed by atoms with Gasteiger partial charge in [-0.05, 0) is 31.3 Å². The Morgan fingerprint density at radius 2 is 1.83 bits per heavy atom. The molecule has 170 valence electrons. The van der Waals surface area contributed by atoms with Crippen LogP contribution in [-0.2, 0) is 24.0 Å². The first-order valence-electron chi connectivity index (χ1n) is 9.33. The molecule has 30 heavy (non-hydrogen) atoms. The number of rotatable bonds is 12. The van der Waals surface area contributed by atoms with Gasteiger partial charge in [0.2, 0.25) is 17.7 Å². The van der Waals surface area contributed by atoms with E-state index in [2.05, 4.69) is 5.32 Å². The number of nitrogens with zero attached hydrogens (tertiary/aromatic N) is 1. The summed E-state index contributed by atoms with van der Waals surface area (Å²) >= 11 is 1.53. The summed E-state index contributed by atoms with van der Waals surface area (Å²) in [4.78, 5) is 60.9. The zero-order chi connectivity index (χ0) is 22.8. The zero-order valence-corrected chi connectivity index (χ0v) is 17.4. The number of carbonyl (C=O) groups excluding carboxylic acids is 3. The maximum Gasteiger partial charge on any atom is 0.328 e. The average Bonchev–Trinajstić information content (AvgIpc) is 3.18. The second-order valence-corrected chi connectivity index (χ2v) is 7.80. The van der Waals surface area contributed by atoms with Gasteiger partial charge in [-0.1, -0.05) is 0 Å². The van der Waals surface area contributed by atoms with Gasteiger partial charge in [0.05, 0.1) is 19.1 Å². The van der Waals surface area contributed by atoms with E-state index in [9.17, 15) is 24.0 Å². The third kappa shape index (κ3) is 7.46. The molecule has 0 aromatic heterocycles. The minimum Gasteiger partial charge on any atom is -0.481 e. The highest BCUT2D eigenvalue weighted by atomic mass is 32.2. The molecule has 0 aromatic carbocycles. The molecule has 1 fully saturated rings. The van der Waals surface area contributed by atoms with E-state index in [-0.39, 0.29) is 0 Å². The highest BCUT2D eigenvalue weighted by molar-refractivity contribution is 7.98. The van der Waals surface area contributed by atoms with E-state index >= 15 is 0 Å². The fourth-order valence-corrected chi connectivity index (χ4v) is 3.48. The predicted molar refractivity (Wildman–Crippen MR) is 107 cm³/mol. The lowest BCUT2D eigenvalue weighted by molar-refractivity contribution is -0.145. The monoisotopic (exact) mass is 448 g/mol. The minimum absolute atomic E-state index is 0.311. The lowest BCUT2D eigenvalue weighted by Crippen LogP contribution is -2.57. The van der Waals surface area contributed by atoms with Gasteiger partial charge in [0, 0.05) is 6.54 Å². The van der Waals surface area contributed by atoms with Crippen LogP contribution in [0.5, 0.6) is 0 Å². The summed E-state index contributed by atoms with van der Waals surface area (Å²) in [5, 5.41) is 31.2. The summed E-state index contributed by atoms with van der Waals surface area (Å²) in [6.07, 6.45) is 2.38. The first-order valence-corrected chi connectivity index (χ1v) is 10.7. The second kappa shape index (κ2) is 12.3. The molecule has 1 aliphatic rings. The average molecular weight is 448 g/mol. The molecular weight excluding hydrogens is 420 g/mol. The van der Waals surface area contributed by atoms with Crippen molar-refractivity contribution in [1.29, 1.82) is 0 Å². The Labute approximate surface area is 177 Å². The van der Waals surface area contributed by atoms with E-state index < -0.39 is 66.9 Å². The highest BCUT2D eigenvalue weighted by Crippen LogP contribution is 2.19. The van der Waals surface area contributed by atoms with Crippen LogP contribution in [-0.4, -0.2) is 99.2 Å². The Morgan fingerprint density at radius 1 is 1.17 bits per heavy atom. The topological polar surface area (TPSA) is 199 Å². The van der Waals surface area contributed by atoms with Crippen LogP contribution < -0.4 is 16.4 Å². The van der Waals surface area contributed by atoms with Crippen molar-refractivity contribution < 1.29 is 39.3 Å². The van der Waals surface area contributed by atoms with Gasteiger partial charge in [0.15, 0.2) is 0 Å². The van der Waals surface area contributed by atoms with Crippen LogP contribution in [0.2, 0.25) is 0 Å². The van der Waals surface area contributed by atoms with E-state index in [4.69, 9.17) is 21.1 Å². The fraction of sp³-hybridized carbons (Fsp3) is 0.706. The number of aliphatic hydroxyl groups is 1. The van der Waals surface area contributed by atoms with Gasteiger partial charge < -0.3 is 36.6 Å². The van der Waals surface area contributed by atoms with Crippen molar-refractivity contribution in [2.45, 2.75) is 49.9 Å². The molecule has 4 atom stereocenters. The number of carbonyl (C=O) groups is 5. The lowest BCUT2D eigenvalue weighted by atomic mass is 10.1. The van der Waals surface area contributed by atoms with Gasteiger partial charge >= 0.3 is 11.9 Å². The van der Waals surface area contributed by atoms with Crippen molar-refractivity contribution in [3.05, 3.63) is 0 Å². The molecule has 0 radical (unpaired) electrons. The molecule has 0 aromatic rings. The Balaban J connectivity index is 2.86. The Kier molecular flexibility index (Phi) is 10.6. The van der Waals surface area contributed by atoms with E-state index in [0.29, 0.717) is 31.6 Å². The summed E-state index contributed by atoms with van der Waals surface area (Å²) in [7, 11) is 0. The van der Waals surface area contributed by atoms with Crippen molar-refractivity contribution in [3.8, 4) is 0 Å². The molecule has 7 N–H and O–H groups in total. The van der Waals surface area contributed by atoms with E-state index in [1.165, 1.54) is 16.7 Å².